The molecule has 0 bridgehead atoms. The molecule has 1 atom stereocenters. The monoisotopic (exact) mass is 212 g/mol. The maximum Gasteiger partial charge on any atom is 0.414 e. The van der Waals surface area contributed by atoms with Gasteiger partial charge in [-0.1, -0.05) is 6.08 Å². The first-order valence-corrected chi connectivity index (χ1v) is 5.30. The van der Waals surface area contributed by atoms with Crippen LogP contribution in [0, 0.1) is 0 Å². The van der Waals surface area contributed by atoms with Crippen LogP contribution in [0.25, 0.3) is 0 Å². The summed E-state index contributed by atoms with van der Waals surface area (Å²) in [5.74, 6) is 0. The maximum absolute atomic E-state index is 11.7. The summed E-state index contributed by atoms with van der Waals surface area (Å²) in [5.41, 5.74) is 5.38. The molecule has 4 nitrogen and oxygen atoms in total. The first kappa shape index (κ1) is 12.0. The van der Waals surface area contributed by atoms with Gasteiger partial charge in [0.2, 0.25) is 0 Å². The molecule has 1 amide bonds. The zero-order valence-electron chi connectivity index (χ0n) is 9.69. The molecule has 1 aliphatic rings. The lowest BCUT2D eigenvalue weighted by Gasteiger charge is -2.25. The van der Waals surface area contributed by atoms with Crippen LogP contribution >= 0.6 is 0 Å². The fourth-order valence-corrected chi connectivity index (χ4v) is 1.37. The normalized spacial score (nSPS) is 22.4. The Morgan fingerprint density at radius 3 is 2.80 bits per heavy atom. The van der Waals surface area contributed by atoms with Gasteiger partial charge < -0.3 is 10.5 Å². The molecule has 0 aliphatic carbocycles. The number of allylic oxidation sites excluding steroid dienone is 1. The number of hydrogen-bond acceptors (Lipinski definition) is 3. The molecule has 0 unspecified atom stereocenters. The number of nitrogens with zero attached hydrogens (tertiary/aromatic N) is 1. The molecule has 0 saturated heterocycles. The molecule has 0 spiro atoms. The van der Waals surface area contributed by atoms with Crippen molar-refractivity contribution in [3.05, 3.63) is 12.3 Å². The quantitative estimate of drug-likeness (QED) is 0.666. The van der Waals surface area contributed by atoms with E-state index in [2.05, 4.69) is 0 Å². The Bertz CT molecular complexity index is 256. The second-order valence-electron chi connectivity index (χ2n) is 4.85. The lowest BCUT2D eigenvalue weighted by molar-refractivity contribution is 0.0329. The number of carbonyl (C=O) groups is 1. The van der Waals surface area contributed by atoms with E-state index >= 15 is 0 Å². The Kier molecular flexibility index (Phi) is 3.74. The van der Waals surface area contributed by atoms with Gasteiger partial charge in [-0.2, -0.15) is 0 Å². The Morgan fingerprint density at radius 1 is 1.53 bits per heavy atom. The molecule has 0 aromatic rings. The molecule has 15 heavy (non-hydrogen) atoms. The van der Waals surface area contributed by atoms with Crippen LogP contribution in [0.2, 0.25) is 0 Å². The number of rotatable bonds is 0. The van der Waals surface area contributed by atoms with Crippen LogP contribution in [0.1, 0.15) is 33.6 Å². The zero-order chi connectivity index (χ0) is 11.5. The molecule has 2 N–H and O–H groups in total. The van der Waals surface area contributed by atoms with Gasteiger partial charge in [-0.3, -0.25) is 4.90 Å². The van der Waals surface area contributed by atoms with Crippen LogP contribution < -0.4 is 5.73 Å². The Hall–Kier alpha value is -1.03. The molecule has 4 heteroatoms. The number of carbonyl (C=O) groups excluding carboxylic acids is 1. The lowest BCUT2D eigenvalue weighted by Crippen LogP contribution is -2.39. The van der Waals surface area contributed by atoms with Gasteiger partial charge in [0.15, 0.2) is 0 Å². The van der Waals surface area contributed by atoms with Crippen molar-refractivity contribution in [2.24, 2.45) is 5.73 Å². The Labute approximate surface area is 91.1 Å². The Morgan fingerprint density at radius 2 is 2.20 bits per heavy atom. The average Bonchev–Trinajstić information content (AvgIpc) is 2.26. The van der Waals surface area contributed by atoms with Crippen molar-refractivity contribution < 1.29 is 9.53 Å². The van der Waals surface area contributed by atoms with Gasteiger partial charge in [-0.25, -0.2) is 4.79 Å². The number of amides is 1. The van der Waals surface area contributed by atoms with Crippen LogP contribution in [0.15, 0.2) is 12.3 Å². The van der Waals surface area contributed by atoms with E-state index in [1.54, 1.807) is 11.1 Å². The van der Waals surface area contributed by atoms with Gasteiger partial charge in [-0.15, -0.1) is 0 Å². The highest BCUT2D eigenvalue weighted by Gasteiger charge is 2.22. The minimum absolute atomic E-state index is 0.0347. The van der Waals surface area contributed by atoms with Gasteiger partial charge in [-0.05, 0) is 33.6 Å². The van der Waals surface area contributed by atoms with Crippen molar-refractivity contribution in [1.82, 2.24) is 4.90 Å². The van der Waals surface area contributed by atoms with E-state index in [1.807, 2.05) is 26.8 Å². The molecule has 1 aliphatic heterocycles. The van der Waals surface area contributed by atoms with Gasteiger partial charge in [0.25, 0.3) is 0 Å². The topological polar surface area (TPSA) is 55.6 Å². The number of hydrogen-bond donors (Lipinski definition) is 1. The predicted molar refractivity (Wildman–Crippen MR) is 59.3 cm³/mol. The SMILES string of the molecule is CC(C)(C)OC(=O)N1C=CCC[C@H](N)C1. The maximum atomic E-state index is 11.7. The average molecular weight is 212 g/mol. The minimum Gasteiger partial charge on any atom is -0.443 e. The minimum atomic E-state index is -0.457. The first-order valence-electron chi connectivity index (χ1n) is 5.30. The van der Waals surface area contributed by atoms with Crippen molar-refractivity contribution in [2.75, 3.05) is 6.54 Å². The van der Waals surface area contributed by atoms with E-state index in [1.165, 1.54) is 0 Å². The summed E-state index contributed by atoms with van der Waals surface area (Å²) in [6, 6.07) is 0.0347. The summed E-state index contributed by atoms with van der Waals surface area (Å²) in [5, 5.41) is 0. The molecule has 0 aromatic heterocycles. The predicted octanol–water partition coefficient (Wildman–Crippen LogP) is 1.86. The highest BCUT2D eigenvalue weighted by atomic mass is 16.6. The van der Waals surface area contributed by atoms with E-state index < -0.39 is 5.60 Å². The van der Waals surface area contributed by atoms with Gasteiger partial charge in [0, 0.05) is 18.8 Å². The van der Waals surface area contributed by atoms with E-state index in [0.29, 0.717) is 6.54 Å². The van der Waals surface area contributed by atoms with E-state index in [0.717, 1.165) is 12.8 Å². The molecule has 0 radical (unpaired) electrons. The van der Waals surface area contributed by atoms with E-state index in [9.17, 15) is 4.79 Å². The van der Waals surface area contributed by atoms with Crippen molar-refractivity contribution in [3.8, 4) is 0 Å². The molecule has 1 heterocycles. The molecular formula is C11H20N2O2. The summed E-state index contributed by atoms with van der Waals surface area (Å²) in [6.45, 7) is 6.09. The number of nitrogens with two attached hydrogens (primary N) is 1. The van der Waals surface area contributed by atoms with Crippen molar-refractivity contribution in [1.29, 1.82) is 0 Å². The van der Waals surface area contributed by atoms with Gasteiger partial charge in [0.05, 0.1) is 0 Å². The summed E-state index contributed by atoms with van der Waals surface area (Å²) in [7, 11) is 0. The second-order valence-corrected chi connectivity index (χ2v) is 4.85. The Balaban J connectivity index is 2.58. The van der Waals surface area contributed by atoms with Crippen molar-refractivity contribution >= 4 is 6.09 Å². The fourth-order valence-electron chi connectivity index (χ4n) is 1.37. The first-order chi connectivity index (χ1) is 6.88. The largest absolute Gasteiger partial charge is 0.443 e. The highest BCUT2D eigenvalue weighted by molar-refractivity contribution is 5.69. The van der Waals surface area contributed by atoms with Crippen LogP contribution in [-0.4, -0.2) is 29.2 Å². The van der Waals surface area contributed by atoms with Crippen molar-refractivity contribution in [3.63, 3.8) is 0 Å². The summed E-state index contributed by atoms with van der Waals surface area (Å²) in [4.78, 5) is 13.3. The van der Waals surface area contributed by atoms with Crippen LogP contribution in [0.5, 0.6) is 0 Å². The molecule has 0 fully saturated rings. The summed E-state index contributed by atoms with van der Waals surface area (Å²) < 4.78 is 5.26. The second kappa shape index (κ2) is 4.66. The number of ether oxygens (including phenoxy) is 1. The third-order valence-electron chi connectivity index (χ3n) is 2.05. The standard InChI is InChI=1S/C11H20N2O2/c1-11(2,3)15-10(14)13-7-5-4-6-9(12)8-13/h5,7,9H,4,6,8,12H2,1-3H3/t9-/m0/s1. The van der Waals surface area contributed by atoms with Crippen molar-refractivity contribution in [2.45, 2.75) is 45.3 Å². The fraction of sp³-hybridized carbons (Fsp3) is 0.727. The van der Waals surface area contributed by atoms with E-state index in [4.69, 9.17) is 10.5 Å². The summed E-state index contributed by atoms with van der Waals surface area (Å²) >= 11 is 0. The van der Waals surface area contributed by atoms with Gasteiger partial charge in [0.1, 0.15) is 5.60 Å². The molecular weight excluding hydrogens is 192 g/mol. The zero-order valence-corrected chi connectivity index (χ0v) is 9.69. The van der Waals surface area contributed by atoms with Crippen LogP contribution in [0.4, 0.5) is 4.79 Å². The lowest BCUT2D eigenvalue weighted by atomic mass is 10.2. The smallest absolute Gasteiger partial charge is 0.414 e. The molecule has 1 rings (SSSR count). The summed E-state index contributed by atoms with van der Waals surface area (Å²) in [6.07, 6.45) is 5.23. The third-order valence-corrected chi connectivity index (χ3v) is 2.05. The molecule has 86 valence electrons. The molecule has 0 saturated carbocycles. The van der Waals surface area contributed by atoms with Crippen LogP contribution in [-0.2, 0) is 4.74 Å². The van der Waals surface area contributed by atoms with Gasteiger partial charge >= 0.3 is 6.09 Å². The van der Waals surface area contributed by atoms with E-state index in [-0.39, 0.29) is 12.1 Å². The highest BCUT2D eigenvalue weighted by Crippen LogP contribution is 2.13. The van der Waals surface area contributed by atoms with Crippen LogP contribution in [0.3, 0.4) is 0 Å². The third kappa shape index (κ3) is 4.34. The molecule has 0 aromatic carbocycles.